The molecule has 12 rings (SSSR count). The van der Waals surface area contributed by atoms with Gasteiger partial charge in [-0.2, -0.15) is 26.3 Å². The molecule has 2 saturated carbocycles. The zero-order valence-corrected chi connectivity index (χ0v) is 85.8. The molecule has 10 aliphatic rings. The molecule has 2 unspecified atom stereocenters. The summed E-state index contributed by atoms with van der Waals surface area (Å²) in [7, 11) is -3.34. The third-order valence-electron chi connectivity index (χ3n) is 22.3. The molecule has 0 radical (unpaired) electrons. The van der Waals surface area contributed by atoms with Crippen LogP contribution in [0.5, 0.6) is 0 Å². The Hall–Kier alpha value is -8.94. The van der Waals surface area contributed by atoms with Gasteiger partial charge in [0, 0.05) is 88.4 Å². The van der Waals surface area contributed by atoms with Crippen LogP contribution in [0.15, 0.2) is 84.0 Å². The van der Waals surface area contributed by atoms with Crippen molar-refractivity contribution in [2.75, 3.05) is 111 Å². The summed E-state index contributed by atoms with van der Waals surface area (Å²) in [6.45, 7) is 52.7. The van der Waals surface area contributed by atoms with Gasteiger partial charge in [0.05, 0.1) is 74.8 Å². The number of hydrogen-bond donors (Lipinski definition) is 1. The van der Waals surface area contributed by atoms with E-state index in [9.17, 15) is 83.6 Å². The average Bonchev–Trinajstić information content (AvgIpc) is 1.74. The van der Waals surface area contributed by atoms with Crippen molar-refractivity contribution in [1.29, 1.82) is 0 Å². The monoisotopic (exact) mass is 1970 g/mol. The Balaban J connectivity index is 0.000000239. The van der Waals surface area contributed by atoms with Crippen LogP contribution >= 0.6 is 7.60 Å². The van der Waals surface area contributed by atoms with Gasteiger partial charge in [-0.05, 0) is 267 Å². The van der Waals surface area contributed by atoms with Gasteiger partial charge in [0.15, 0.2) is 5.78 Å². The highest BCUT2D eigenvalue weighted by atomic mass is 31.2. The number of ether oxygens (including phenoxy) is 10. The van der Waals surface area contributed by atoms with Crippen LogP contribution in [0, 0.1) is 0 Å². The quantitative estimate of drug-likeness (QED) is 0.0505. The van der Waals surface area contributed by atoms with Crippen molar-refractivity contribution in [1.82, 2.24) is 39.6 Å². The zero-order valence-electron chi connectivity index (χ0n) is 84.9. The van der Waals surface area contributed by atoms with Crippen LogP contribution in [0.1, 0.15) is 261 Å². The van der Waals surface area contributed by atoms with Crippen molar-refractivity contribution >= 4 is 73.4 Å². The number of amides is 6. The van der Waals surface area contributed by atoms with E-state index < -0.39 is 130 Å². The van der Waals surface area contributed by atoms with Crippen LogP contribution in [-0.4, -0.2) is 309 Å². The van der Waals surface area contributed by atoms with E-state index in [4.69, 9.17) is 56.4 Å². The molecule has 39 heteroatoms. The summed E-state index contributed by atoms with van der Waals surface area (Å²) < 4.78 is 157. The summed E-state index contributed by atoms with van der Waals surface area (Å²) in [6, 6.07) is 16.7. The molecular formula is C98H149F6N8O24P. The molecule has 0 bridgehead atoms. The minimum Gasteiger partial charge on any atom is -0.460 e. The van der Waals surface area contributed by atoms with Crippen molar-refractivity contribution in [2.45, 2.75) is 348 Å². The molecule has 0 aromatic heterocycles. The lowest BCUT2D eigenvalue weighted by Gasteiger charge is -2.57. The van der Waals surface area contributed by atoms with Crippen molar-refractivity contribution in [2.24, 2.45) is 0 Å². The fraction of sp³-hybridized carbons (Fsp3) is 0.724. The molecule has 2 spiro atoms. The third kappa shape index (κ3) is 37.9. The lowest BCUT2D eigenvalue weighted by Crippen LogP contribution is -2.73. The number of Topliss-reactive ketones (excluding diaryl/α,β-unsaturated/α-hetero) is 1. The summed E-state index contributed by atoms with van der Waals surface area (Å²) >= 11 is 0. The number of likely N-dealkylation sites (tertiary alicyclic amines) is 5. The van der Waals surface area contributed by atoms with Gasteiger partial charge in [-0.25, -0.2) is 28.8 Å². The molecular weight excluding hydrogens is 1820 g/mol. The molecule has 137 heavy (non-hydrogen) atoms. The first kappa shape index (κ1) is 115. The maximum atomic E-state index is 13.8. The van der Waals surface area contributed by atoms with Crippen LogP contribution < -0.4 is 5.32 Å². The Labute approximate surface area is 803 Å². The smallest absolute Gasteiger partial charge is 0.460 e. The van der Waals surface area contributed by atoms with Crippen LogP contribution in [0.3, 0.4) is 0 Å². The Bertz CT molecular complexity index is 4480. The van der Waals surface area contributed by atoms with Crippen LogP contribution in [-0.2, 0) is 94.5 Å². The molecule has 6 atom stereocenters. The van der Waals surface area contributed by atoms with Gasteiger partial charge in [-0.1, -0.05) is 60.7 Å². The van der Waals surface area contributed by atoms with Gasteiger partial charge in [-0.3, -0.25) is 38.3 Å². The van der Waals surface area contributed by atoms with Crippen LogP contribution in [0.2, 0.25) is 0 Å². The molecule has 8 aliphatic heterocycles. The van der Waals surface area contributed by atoms with Gasteiger partial charge in [0.25, 0.3) is 0 Å². The number of alkyl halides is 6. The highest BCUT2D eigenvalue weighted by Gasteiger charge is 2.61. The maximum absolute atomic E-state index is 13.8. The highest BCUT2D eigenvalue weighted by Crippen LogP contribution is 2.53. The topological polar surface area (TPSA) is 350 Å². The van der Waals surface area contributed by atoms with Gasteiger partial charge >= 0.3 is 80.0 Å². The average molecular weight is 1970 g/mol. The Morgan fingerprint density at radius 1 is 0.438 bits per heavy atom. The summed E-state index contributed by atoms with van der Waals surface area (Å²) in [5.74, 6) is -5.26. The number of piperidine rings is 2. The normalized spacial score (nSPS) is 21.7. The molecule has 2 aromatic rings. The number of esters is 4. The standard InChI is InChI=1S/C33H46F3N3O6.C19H23F3N2O2.2C14H23NO4.C10H21O5P.C8H13NO3/c1-29(2,3)44-26(40)18-31(20-37(21-31)28(42)45-30(4,5)6)38-14-12-32(13-15-38)17-23(19-43-32)39(27(41)33(34,35)36)25-16-24(25)22-10-8-7-9-11-22;20-19(21,22)17(25)24(16-10-15(16)13-4-2-1-3-5-13)14-11-18(26-12-14)6-8-23-9-7-18;2*1-13(2,3)18-11(16)7-10-8-15(9-10)12(17)19-14(4,5)6;1-6-13-16(12,14-7-2)8-9(11)15-10(3,4)5;1-8(2,3)12-7(11)9-4-6(10)5-9/h7-11,23-25H,12-21H2,1-6H3;1-5,14-16,23H,6-12H2;2*7H,8-9H2,1-6H3;6-8H2,1-5H3;4-5H2,1-3H3/t23?,24-,25+;14?,15-,16+;;;;/m00..../s1. The Morgan fingerprint density at radius 3 is 1.07 bits per heavy atom. The summed E-state index contributed by atoms with van der Waals surface area (Å²) in [4.78, 5) is 141. The van der Waals surface area contributed by atoms with Gasteiger partial charge in [0.1, 0.15) is 51.0 Å². The number of ketones is 1. The first-order valence-corrected chi connectivity index (χ1v) is 48.7. The minimum atomic E-state index is -4.97. The van der Waals surface area contributed by atoms with Crippen molar-refractivity contribution in [3.63, 3.8) is 0 Å². The molecule has 2 aromatic carbocycles. The van der Waals surface area contributed by atoms with E-state index >= 15 is 0 Å². The van der Waals surface area contributed by atoms with Crippen molar-refractivity contribution < 1.29 is 140 Å². The second-order valence-corrected chi connectivity index (χ2v) is 46.3. The lowest BCUT2D eigenvalue weighted by atomic mass is 9.79. The molecule has 2 aliphatic carbocycles. The van der Waals surface area contributed by atoms with E-state index in [0.29, 0.717) is 90.9 Å². The number of carbonyl (C=O) groups is 11. The summed E-state index contributed by atoms with van der Waals surface area (Å²) in [6.07, 6.45) is -4.20. The van der Waals surface area contributed by atoms with E-state index in [1.54, 1.807) is 112 Å². The Morgan fingerprint density at radius 2 is 0.752 bits per heavy atom. The lowest BCUT2D eigenvalue weighted by molar-refractivity contribution is -0.188. The fourth-order valence-corrected chi connectivity index (χ4v) is 18.0. The van der Waals surface area contributed by atoms with E-state index in [0.717, 1.165) is 58.0 Å². The number of rotatable bonds is 17. The van der Waals surface area contributed by atoms with Crippen LogP contribution in [0.4, 0.5) is 45.5 Å². The van der Waals surface area contributed by atoms with E-state index in [1.165, 1.54) is 17.1 Å². The largest absolute Gasteiger partial charge is 0.471 e. The zero-order chi connectivity index (χ0) is 103. The molecule has 32 nitrogen and oxygen atoms in total. The molecule has 10 fully saturated rings. The van der Waals surface area contributed by atoms with Crippen LogP contribution in [0.25, 0.3) is 0 Å². The number of hydrogen-bond acceptors (Lipinski definition) is 26. The maximum Gasteiger partial charge on any atom is 0.471 e. The fourth-order valence-electron chi connectivity index (χ4n) is 16.6. The van der Waals surface area contributed by atoms with Gasteiger partial charge in [0.2, 0.25) is 0 Å². The number of halogens is 6. The number of benzene rings is 2. The second-order valence-electron chi connectivity index (χ2n) is 44.2. The predicted octanol–water partition coefficient (Wildman–Crippen LogP) is 16.5. The first-order valence-electron chi connectivity index (χ1n) is 47.0. The molecule has 772 valence electrons. The minimum absolute atomic E-state index is 0.0212. The second kappa shape index (κ2) is 45.8. The van der Waals surface area contributed by atoms with E-state index in [2.05, 4.69) is 10.2 Å². The van der Waals surface area contributed by atoms with E-state index in [1.807, 2.05) is 144 Å². The van der Waals surface area contributed by atoms with Gasteiger partial charge < -0.3 is 86.2 Å². The van der Waals surface area contributed by atoms with Crippen molar-refractivity contribution in [3.8, 4) is 0 Å². The SMILES string of the molecule is CC(C)(C)OC(=O)C=C1CN(C(=O)OC(C)(C)C)C1.CC(C)(C)OC(=O)C=C1CN(C(=O)OC(C)(C)C)C1.CC(C)(C)OC(=O)CC1(N2CCC3(CC2)CC(N(C(=O)C(F)(F)F)[C@@H]2C[C@H]2c2ccccc2)CO3)CN(C(=O)OC(C)(C)C)C1.CC(C)(C)OC(=O)N1CC(=O)C1.CCOP(=O)(CC(=O)OC(C)(C)C)OCC.O=C(N(C1COC2(CCNCC2)C1)[C@@H]1C[C@H]1c1ccccc1)C(F)(F)F. The third-order valence-corrected chi connectivity index (χ3v) is 24.2. The summed E-state index contributed by atoms with van der Waals surface area (Å²) in [5.41, 5.74) is -2.39. The molecule has 6 amide bonds. The van der Waals surface area contributed by atoms with Gasteiger partial charge in [-0.15, -0.1) is 0 Å². The highest BCUT2D eigenvalue weighted by molar-refractivity contribution is 7.54. The Kier molecular flexibility index (Phi) is 38.4. The molecule has 1 N–H and O–H groups in total. The van der Waals surface area contributed by atoms with Crippen molar-refractivity contribution in [3.05, 3.63) is 95.1 Å². The molecule has 8 heterocycles. The number of nitrogens with one attached hydrogen (secondary N) is 1. The predicted molar refractivity (Wildman–Crippen MR) is 497 cm³/mol. The molecule has 8 saturated heterocycles. The summed E-state index contributed by atoms with van der Waals surface area (Å²) in [5, 5.41) is 3.25. The number of carbonyl (C=O) groups excluding carboxylic acids is 11. The number of nitrogens with zero attached hydrogens (tertiary/aromatic N) is 7. The first-order chi connectivity index (χ1) is 62.7. The van der Waals surface area contributed by atoms with E-state index in [-0.39, 0.29) is 105 Å².